The van der Waals surface area contributed by atoms with Crippen LogP contribution in [0.3, 0.4) is 0 Å². The minimum atomic E-state index is -1.44. The highest BCUT2D eigenvalue weighted by Crippen LogP contribution is 2.34. The van der Waals surface area contributed by atoms with E-state index in [1.807, 2.05) is 0 Å². The molecule has 2 aliphatic heterocycles. The second-order valence-electron chi connectivity index (χ2n) is 7.75. The third-order valence-electron chi connectivity index (χ3n) is 5.86. The maximum Gasteiger partial charge on any atom is 0.256 e. The van der Waals surface area contributed by atoms with Crippen molar-refractivity contribution in [1.29, 1.82) is 0 Å². The summed E-state index contributed by atoms with van der Waals surface area (Å²) in [5.41, 5.74) is -1.66. The molecule has 24 heavy (non-hydrogen) atoms. The van der Waals surface area contributed by atoms with Crippen molar-refractivity contribution in [3.63, 3.8) is 0 Å². The van der Waals surface area contributed by atoms with Crippen LogP contribution in [0, 0.1) is 0 Å². The van der Waals surface area contributed by atoms with Gasteiger partial charge >= 0.3 is 0 Å². The van der Waals surface area contributed by atoms with E-state index in [2.05, 4.69) is 0 Å². The number of rotatable bonds is 1. The zero-order chi connectivity index (χ0) is 17.2. The van der Waals surface area contributed by atoms with Crippen LogP contribution in [-0.2, 0) is 14.3 Å². The molecular formula is C18H30N2O4. The molecule has 0 bridgehead atoms. The van der Waals surface area contributed by atoms with Gasteiger partial charge in [0.15, 0.2) is 5.60 Å². The Hall–Kier alpha value is -1.14. The Balaban J connectivity index is 1.70. The van der Waals surface area contributed by atoms with Crippen molar-refractivity contribution in [1.82, 2.24) is 9.80 Å². The van der Waals surface area contributed by atoms with Crippen LogP contribution in [0.1, 0.15) is 58.3 Å². The molecule has 0 aromatic rings. The Kier molecular flexibility index (Phi) is 5.16. The Morgan fingerprint density at radius 1 is 0.917 bits per heavy atom. The Bertz CT molecular complexity index is 487. The second kappa shape index (κ2) is 7.00. The zero-order valence-electron chi connectivity index (χ0n) is 14.8. The molecule has 3 rings (SSSR count). The lowest BCUT2D eigenvalue weighted by atomic mass is 9.88. The highest BCUT2D eigenvalue weighted by atomic mass is 16.5. The van der Waals surface area contributed by atoms with Crippen LogP contribution in [0.2, 0.25) is 0 Å². The highest BCUT2D eigenvalue weighted by Gasteiger charge is 2.47. The number of hydrogen-bond donors (Lipinski definition) is 1. The lowest BCUT2D eigenvalue weighted by molar-refractivity contribution is -0.175. The molecule has 3 aliphatic rings. The summed E-state index contributed by atoms with van der Waals surface area (Å²) in [5.74, 6) is -0.302. The maximum atomic E-state index is 13.0. The van der Waals surface area contributed by atoms with Gasteiger partial charge in [-0.1, -0.05) is 25.7 Å². The van der Waals surface area contributed by atoms with Crippen LogP contribution < -0.4 is 0 Å². The Morgan fingerprint density at radius 3 is 2.29 bits per heavy atom. The van der Waals surface area contributed by atoms with Crippen LogP contribution in [0.4, 0.5) is 0 Å². The van der Waals surface area contributed by atoms with Crippen molar-refractivity contribution in [2.45, 2.75) is 69.5 Å². The fourth-order valence-corrected chi connectivity index (χ4v) is 4.47. The number of hydrogen-bond acceptors (Lipinski definition) is 4. The van der Waals surface area contributed by atoms with Gasteiger partial charge in [-0.05, 0) is 25.7 Å². The number of likely N-dealkylation sites (tertiary alicyclic amines) is 1. The first-order chi connectivity index (χ1) is 11.4. The predicted molar refractivity (Wildman–Crippen MR) is 89.4 cm³/mol. The number of piperidine rings is 1. The Morgan fingerprint density at radius 2 is 1.62 bits per heavy atom. The first-order valence-corrected chi connectivity index (χ1v) is 9.35. The van der Waals surface area contributed by atoms with Crippen molar-refractivity contribution >= 4 is 11.8 Å². The number of aliphatic hydroxyl groups is 1. The standard InChI is InChI=1S/C18H30N2O4/c1-15(21)19-10-6-9-18(23,14-19)16(22)20-11-12-24-17(13-20)7-4-2-3-5-8-17/h23H,2-14H2,1H3. The van der Waals surface area contributed by atoms with Crippen LogP contribution in [-0.4, -0.2) is 70.7 Å². The van der Waals surface area contributed by atoms with E-state index in [1.165, 1.54) is 19.8 Å². The van der Waals surface area contributed by atoms with E-state index in [-0.39, 0.29) is 24.0 Å². The second-order valence-corrected chi connectivity index (χ2v) is 7.75. The predicted octanol–water partition coefficient (Wildman–Crippen LogP) is 1.31. The largest absolute Gasteiger partial charge is 0.378 e. The zero-order valence-corrected chi connectivity index (χ0v) is 14.8. The molecule has 1 atom stereocenters. The number of carbonyl (C=O) groups excluding carboxylic acids is 2. The van der Waals surface area contributed by atoms with Gasteiger partial charge in [-0.2, -0.15) is 0 Å². The van der Waals surface area contributed by atoms with E-state index in [1.54, 1.807) is 9.80 Å². The molecule has 1 spiro atoms. The van der Waals surface area contributed by atoms with Gasteiger partial charge < -0.3 is 19.6 Å². The highest BCUT2D eigenvalue weighted by molar-refractivity contribution is 5.86. The number of β-amino-alcohol motifs (C(OH)–C–C–N with tert-alkyl or cyclic N) is 1. The molecule has 2 heterocycles. The topological polar surface area (TPSA) is 70.1 Å². The van der Waals surface area contributed by atoms with Gasteiger partial charge in [0.25, 0.3) is 5.91 Å². The molecule has 2 saturated heterocycles. The van der Waals surface area contributed by atoms with Crippen molar-refractivity contribution in [3.05, 3.63) is 0 Å². The molecule has 3 fully saturated rings. The van der Waals surface area contributed by atoms with Gasteiger partial charge in [0.2, 0.25) is 5.91 Å². The summed E-state index contributed by atoms with van der Waals surface area (Å²) >= 11 is 0. The van der Waals surface area contributed by atoms with Crippen molar-refractivity contribution in [3.8, 4) is 0 Å². The van der Waals surface area contributed by atoms with Gasteiger partial charge in [0.1, 0.15) is 0 Å². The average Bonchev–Trinajstić information content (AvgIpc) is 2.79. The van der Waals surface area contributed by atoms with E-state index in [0.29, 0.717) is 39.1 Å². The number of morpholine rings is 1. The van der Waals surface area contributed by atoms with Crippen molar-refractivity contribution in [2.24, 2.45) is 0 Å². The average molecular weight is 338 g/mol. The third-order valence-corrected chi connectivity index (χ3v) is 5.86. The summed E-state index contributed by atoms with van der Waals surface area (Å²) < 4.78 is 6.11. The van der Waals surface area contributed by atoms with Crippen molar-refractivity contribution < 1.29 is 19.4 Å². The first-order valence-electron chi connectivity index (χ1n) is 9.35. The summed E-state index contributed by atoms with van der Waals surface area (Å²) in [6.07, 6.45) is 7.84. The molecule has 0 aromatic carbocycles. The summed E-state index contributed by atoms with van der Waals surface area (Å²) in [7, 11) is 0. The molecule has 6 heteroatoms. The summed E-state index contributed by atoms with van der Waals surface area (Å²) in [6.45, 7) is 3.88. The van der Waals surface area contributed by atoms with Gasteiger partial charge in [-0.25, -0.2) is 0 Å². The van der Waals surface area contributed by atoms with Gasteiger partial charge in [0, 0.05) is 26.6 Å². The molecule has 1 aliphatic carbocycles. The fourth-order valence-electron chi connectivity index (χ4n) is 4.47. The van der Waals surface area contributed by atoms with E-state index < -0.39 is 5.60 Å². The van der Waals surface area contributed by atoms with Gasteiger partial charge in [0.05, 0.1) is 18.8 Å². The quantitative estimate of drug-likeness (QED) is 0.783. The molecule has 0 radical (unpaired) electrons. The van der Waals surface area contributed by atoms with Gasteiger partial charge in [-0.3, -0.25) is 9.59 Å². The van der Waals surface area contributed by atoms with E-state index in [4.69, 9.17) is 4.74 Å². The molecular weight excluding hydrogens is 308 g/mol. The molecule has 136 valence electrons. The van der Waals surface area contributed by atoms with Crippen LogP contribution in [0.25, 0.3) is 0 Å². The molecule has 1 saturated carbocycles. The summed E-state index contributed by atoms with van der Waals surface area (Å²) in [5, 5.41) is 10.9. The van der Waals surface area contributed by atoms with Crippen LogP contribution >= 0.6 is 0 Å². The van der Waals surface area contributed by atoms with Crippen molar-refractivity contribution in [2.75, 3.05) is 32.8 Å². The fraction of sp³-hybridized carbons (Fsp3) is 0.889. The lowest BCUT2D eigenvalue weighted by Crippen LogP contribution is -2.63. The van der Waals surface area contributed by atoms with Crippen LogP contribution in [0.15, 0.2) is 0 Å². The molecule has 0 aromatic heterocycles. The van der Waals surface area contributed by atoms with E-state index in [0.717, 1.165) is 25.7 Å². The SMILES string of the molecule is CC(=O)N1CCCC(O)(C(=O)N2CCOC3(CCCCCC3)C2)C1. The Labute approximate surface area is 144 Å². The molecule has 2 amide bonds. The van der Waals surface area contributed by atoms with Crippen LogP contribution in [0.5, 0.6) is 0 Å². The monoisotopic (exact) mass is 338 g/mol. The summed E-state index contributed by atoms with van der Waals surface area (Å²) in [4.78, 5) is 28.0. The number of ether oxygens (including phenoxy) is 1. The number of carbonyl (C=O) groups is 2. The number of nitrogens with zero attached hydrogens (tertiary/aromatic N) is 2. The minimum Gasteiger partial charge on any atom is -0.378 e. The maximum absolute atomic E-state index is 13.0. The smallest absolute Gasteiger partial charge is 0.256 e. The summed E-state index contributed by atoms with van der Waals surface area (Å²) in [6, 6.07) is 0. The molecule has 1 N–H and O–H groups in total. The molecule has 6 nitrogen and oxygen atoms in total. The van der Waals surface area contributed by atoms with E-state index in [9.17, 15) is 14.7 Å². The van der Waals surface area contributed by atoms with E-state index >= 15 is 0 Å². The lowest BCUT2D eigenvalue weighted by Gasteiger charge is -2.46. The molecule has 1 unspecified atom stereocenters. The number of amides is 2. The third kappa shape index (κ3) is 3.59. The normalized spacial score (nSPS) is 30.9. The first kappa shape index (κ1) is 17.7. The van der Waals surface area contributed by atoms with Gasteiger partial charge in [-0.15, -0.1) is 0 Å². The minimum absolute atomic E-state index is 0.0804.